The van der Waals surface area contributed by atoms with Crippen molar-refractivity contribution in [3.8, 4) is 5.75 Å². The zero-order chi connectivity index (χ0) is 13.9. The molecule has 0 radical (unpaired) electrons. The summed E-state index contributed by atoms with van der Waals surface area (Å²) in [6.07, 6.45) is 0. The maximum atomic E-state index is 11.6. The van der Waals surface area contributed by atoms with E-state index in [1.165, 1.54) is 18.2 Å². The molecule has 6 nitrogen and oxygen atoms in total. The number of nitro benzene ring substituents is 1. The number of benzene rings is 1. The highest BCUT2D eigenvalue weighted by atomic mass is 79.9. The van der Waals surface area contributed by atoms with Gasteiger partial charge in [0, 0.05) is 11.8 Å². The second kappa shape index (κ2) is 5.34. The highest BCUT2D eigenvalue weighted by Gasteiger charge is 2.31. The normalized spacial score (nSPS) is 11.1. The number of hydrogen-bond acceptors (Lipinski definition) is 5. The molecular weight excluding hydrogens is 304 g/mol. The van der Waals surface area contributed by atoms with Gasteiger partial charge < -0.3 is 10.5 Å². The van der Waals surface area contributed by atoms with Crippen LogP contribution in [0.3, 0.4) is 0 Å². The number of nitro groups is 1. The molecule has 0 unspecified atom stereocenters. The van der Waals surface area contributed by atoms with E-state index in [4.69, 9.17) is 10.5 Å². The first-order valence-corrected chi connectivity index (χ1v) is 6.22. The monoisotopic (exact) mass is 316 g/mol. The molecule has 98 valence electrons. The van der Waals surface area contributed by atoms with Crippen molar-refractivity contribution in [1.29, 1.82) is 0 Å². The molecule has 1 rings (SSSR count). The van der Waals surface area contributed by atoms with Gasteiger partial charge in [-0.15, -0.1) is 0 Å². The van der Waals surface area contributed by atoms with Crippen molar-refractivity contribution in [1.82, 2.24) is 0 Å². The van der Waals surface area contributed by atoms with Crippen molar-refractivity contribution in [3.05, 3.63) is 28.3 Å². The standard InChI is InChI=1S/C11H13BrN2O4/c1-11(2,10(15)6-12)18-9-4-3-7(13)5-8(9)14(16)17/h3-5H,6,13H2,1-2H3. The molecule has 7 heteroatoms. The summed E-state index contributed by atoms with van der Waals surface area (Å²) in [5.41, 5.74) is 4.34. The van der Waals surface area contributed by atoms with E-state index in [9.17, 15) is 14.9 Å². The van der Waals surface area contributed by atoms with Crippen molar-refractivity contribution in [2.75, 3.05) is 11.1 Å². The van der Waals surface area contributed by atoms with Crippen molar-refractivity contribution >= 4 is 33.1 Å². The SMILES string of the molecule is CC(C)(Oc1ccc(N)cc1[N+](=O)[O-])C(=O)CBr. The number of rotatable bonds is 5. The van der Waals surface area contributed by atoms with Gasteiger partial charge in [0.15, 0.2) is 17.1 Å². The fourth-order valence-corrected chi connectivity index (χ4v) is 1.93. The Kier molecular flexibility index (Phi) is 4.28. The molecule has 0 saturated heterocycles. The van der Waals surface area contributed by atoms with Crippen LogP contribution in [0.1, 0.15) is 13.8 Å². The minimum absolute atomic E-state index is 0.0218. The number of ketones is 1. The first kappa shape index (κ1) is 14.4. The molecule has 0 spiro atoms. The fourth-order valence-electron chi connectivity index (χ4n) is 1.26. The van der Waals surface area contributed by atoms with Crippen LogP contribution in [0.2, 0.25) is 0 Å². The maximum Gasteiger partial charge on any atom is 0.313 e. The zero-order valence-electron chi connectivity index (χ0n) is 9.97. The van der Waals surface area contributed by atoms with Gasteiger partial charge >= 0.3 is 5.69 Å². The molecular formula is C11H13BrN2O4. The maximum absolute atomic E-state index is 11.6. The molecule has 0 aliphatic rings. The Morgan fingerprint density at radius 3 is 2.67 bits per heavy atom. The molecule has 1 aromatic carbocycles. The van der Waals surface area contributed by atoms with Gasteiger partial charge in [0.2, 0.25) is 0 Å². The number of halogens is 1. The molecule has 0 saturated carbocycles. The molecule has 0 bridgehead atoms. The lowest BCUT2D eigenvalue weighted by atomic mass is 10.1. The summed E-state index contributed by atoms with van der Waals surface area (Å²) in [4.78, 5) is 21.9. The number of Topliss-reactive ketones (excluding diaryl/α,β-unsaturated/α-hetero) is 1. The third kappa shape index (κ3) is 3.19. The molecule has 0 amide bonds. The largest absolute Gasteiger partial charge is 0.473 e. The first-order valence-electron chi connectivity index (χ1n) is 5.10. The summed E-state index contributed by atoms with van der Waals surface area (Å²) >= 11 is 3.04. The molecule has 0 fully saturated rings. The molecule has 2 N–H and O–H groups in total. The fraction of sp³-hybridized carbons (Fsp3) is 0.364. The topological polar surface area (TPSA) is 95.5 Å². The van der Waals surface area contributed by atoms with Crippen LogP contribution in [-0.2, 0) is 4.79 Å². The summed E-state index contributed by atoms with van der Waals surface area (Å²) in [5, 5.41) is 11.0. The second-order valence-electron chi connectivity index (χ2n) is 4.15. The molecule has 0 aliphatic heterocycles. The van der Waals surface area contributed by atoms with Crippen molar-refractivity contribution < 1.29 is 14.5 Å². The van der Waals surface area contributed by atoms with Crippen molar-refractivity contribution in [2.24, 2.45) is 0 Å². The average molecular weight is 317 g/mol. The minimum atomic E-state index is -1.15. The molecule has 0 atom stereocenters. The predicted molar refractivity (Wildman–Crippen MR) is 71.0 cm³/mol. The van der Waals surface area contributed by atoms with E-state index < -0.39 is 10.5 Å². The second-order valence-corrected chi connectivity index (χ2v) is 4.71. The average Bonchev–Trinajstić information content (AvgIpc) is 2.29. The van der Waals surface area contributed by atoms with Gasteiger partial charge in [0.05, 0.1) is 10.3 Å². The number of nitrogens with two attached hydrogens (primary N) is 1. The Bertz CT molecular complexity index is 488. The van der Waals surface area contributed by atoms with Crippen LogP contribution in [0.15, 0.2) is 18.2 Å². The van der Waals surface area contributed by atoms with Crippen LogP contribution in [-0.4, -0.2) is 21.6 Å². The Morgan fingerprint density at radius 1 is 1.56 bits per heavy atom. The lowest BCUT2D eigenvalue weighted by molar-refractivity contribution is -0.386. The minimum Gasteiger partial charge on any atom is -0.473 e. The molecule has 0 heterocycles. The summed E-state index contributed by atoms with van der Waals surface area (Å²) in [6.45, 7) is 3.10. The van der Waals surface area contributed by atoms with Gasteiger partial charge in [-0.05, 0) is 26.0 Å². The number of alkyl halides is 1. The number of nitrogens with zero attached hydrogens (tertiary/aromatic N) is 1. The number of anilines is 1. The molecule has 1 aromatic rings. The van der Waals surface area contributed by atoms with Crippen LogP contribution in [0, 0.1) is 10.1 Å². The van der Waals surface area contributed by atoms with Crippen LogP contribution < -0.4 is 10.5 Å². The third-order valence-electron chi connectivity index (χ3n) is 2.34. The number of ether oxygens (including phenoxy) is 1. The quantitative estimate of drug-likeness (QED) is 0.389. The third-order valence-corrected chi connectivity index (χ3v) is 2.85. The number of nitrogen functional groups attached to an aromatic ring is 1. The van der Waals surface area contributed by atoms with E-state index in [2.05, 4.69) is 15.9 Å². The van der Waals surface area contributed by atoms with E-state index in [-0.39, 0.29) is 28.2 Å². The van der Waals surface area contributed by atoms with Gasteiger partial charge in [0.1, 0.15) is 0 Å². The van der Waals surface area contributed by atoms with Crippen LogP contribution >= 0.6 is 15.9 Å². The van der Waals surface area contributed by atoms with Crippen molar-refractivity contribution in [2.45, 2.75) is 19.4 Å². The summed E-state index contributed by atoms with van der Waals surface area (Å²) in [7, 11) is 0. The summed E-state index contributed by atoms with van der Waals surface area (Å²) in [5.74, 6) is -0.192. The highest BCUT2D eigenvalue weighted by Crippen LogP contribution is 2.32. The van der Waals surface area contributed by atoms with E-state index in [1.807, 2.05) is 0 Å². The highest BCUT2D eigenvalue weighted by molar-refractivity contribution is 9.09. The van der Waals surface area contributed by atoms with Crippen LogP contribution in [0.25, 0.3) is 0 Å². The Labute approximate surface area is 112 Å². The van der Waals surface area contributed by atoms with E-state index in [0.29, 0.717) is 0 Å². The van der Waals surface area contributed by atoms with Gasteiger partial charge in [0.25, 0.3) is 0 Å². The molecule has 0 aliphatic carbocycles. The van der Waals surface area contributed by atoms with Crippen molar-refractivity contribution in [3.63, 3.8) is 0 Å². The Hall–Kier alpha value is -1.63. The zero-order valence-corrected chi connectivity index (χ0v) is 11.6. The van der Waals surface area contributed by atoms with Gasteiger partial charge in [-0.1, -0.05) is 15.9 Å². The Balaban J connectivity index is 3.11. The van der Waals surface area contributed by atoms with E-state index in [0.717, 1.165) is 0 Å². The van der Waals surface area contributed by atoms with Gasteiger partial charge in [-0.2, -0.15) is 0 Å². The smallest absolute Gasteiger partial charge is 0.313 e. The van der Waals surface area contributed by atoms with E-state index in [1.54, 1.807) is 13.8 Å². The van der Waals surface area contributed by atoms with Crippen LogP contribution in [0.4, 0.5) is 11.4 Å². The molecule has 18 heavy (non-hydrogen) atoms. The molecule has 0 aromatic heterocycles. The summed E-state index contributed by atoms with van der Waals surface area (Å²) in [6, 6.07) is 4.07. The van der Waals surface area contributed by atoms with Gasteiger partial charge in [-0.3, -0.25) is 14.9 Å². The number of carbonyl (C=O) groups excluding carboxylic acids is 1. The summed E-state index contributed by atoms with van der Waals surface area (Å²) < 4.78 is 5.43. The van der Waals surface area contributed by atoms with Crippen LogP contribution in [0.5, 0.6) is 5.75 Å². The lowest BCUT2D eigenvalue weighted by Gasteiger charge is -2.23. The number of carbonyl (C=O) groups is 1. The first-order chi connectivity index (χ1) is 8.27. The predicted octanol–water partition coefficient (Wildman–Crippen LogP) is 2.30. The van der Waals surface area contributed by atoms with Gasteiger partial charge in [-0.25, -0.2) is 0 Å². The van der Waals surface area contributed by atoms with E-state index >= 15 is 0 Å². The lowest BCUT2D eigenvalue weighted by Crippen LogP contribution is -2.39. The Morgan fingerprint density at radius 2 is 2.17 bits per heavy atom. The number of hydrogen-bond donors (Lipinski definition) is 1.